The lowest BCUT2D eigenvalue weighted by Crippen LogP contribution is -2.19. The van der Waals surface area contributed by atoms with E-state index in [1.165, 1.54) is 24.4 Å². The van der Waals surface area contributed by atoms with Gasteiger partial charge in [0.15, 0.2) is 0 Å². The fraction of sp³-hybridized carbons (Fsp3) is 0. The summed E-state index contributed by atoms with van der Waals surface area (Å²) in [6.45, 7) is 0. The average Bonchev–Trinajstić information content (AvgIpc) is 2.49. The number of hydrogen-bond acceptors (Lipinski definition) is 4. The van der Waals surface area contributed by atoms with Crippen LogP contribution in [0.1, 0.15) is 15.9 Å². The van der Waals surface area contributed by atoms with E-state index in [9.17, 15) is 14.9 Å². The largest absolute Gasteiger partial charge is 0.282 e. The highest BCUT2D eigenvalue weighted by Gasteiger charge is 2.18. The number of halogens is 1. The third kappa shape index (κ3) is 3.85. The second kappa shape index (κ2) is 6.93. The maximum atomic E-state index is 11.9. The summed E-state index contributed by atoms with van der Waals surface area (Å²) < 4.78 is 0.985. The summed E-state index contributed by atoms with van der Waals surface area (Å²) in [4.78, 5) is 22.2. The lowest BCUT2D eigenvalue weighted by Gasteiger charge is -2.01. The van der Waals surface area contributed by atoms with Gasteiger partial charge >= 0.3 is 0 Å². The Morgan fingerprint density at radius 2 is 1.86 bits per heavy atom. The van der Waals surface area contributed by atoms with Gasteiger partial charge in [0.05, 0.1) is 11.1 Å². The van der Waals surface area contributed by atoms with Gasteiger partial charge in [-0.1, -0.05) is 30.3 Å². The van der Waals surface area contributed by atoms with E-state index in [4.69, 9.17) is 0 Å². The Morgan fingerprint density at radius 1 is 1.19 bits per heavy atom. The first kappa shape index (κ1) is 15.1. The van der Waals surface area contributed by atoms with Crippen LogP contribution in [-0.2, 0) is 0 Å². The SMILES string of the molecule is O=C(N/N=C/c1ccccc1I)c1ccccc1[N+](=O)[O-]. The van der Waals surface area contributed by atoms with Crippen LogP contribution in [0.25, 0.3) is 0 Å². The van der Waals surface area contributed by atoms with Crippen molar-refractivity contribution < 1.29 is 9.72 Å². The minimum Gasteiger partial charge on any atom is -0.267 e. The Labute approximate surface area is 134 Å². The van der Waals surface area contributed by atoms with Crippen LogP contribution in [0.15, 0.2) is 53.6 Å². The normalized spacial score (nSPS) is 10.5. The molecule has 1 amide bonds. The highest BCUT2D eigenvalue weighted by atomic mass is 127. The first-order valence-electron chi connectivity index (χ1n) is 5.91. The Morgan fingerprint density at radius 3 is 2.57 bits per heavy atom. The highest BCUT2D eigenvalue weighted by molar-refractivity contribution is 14.1. The van der Waals surface area contributed by atoms with Crippen LogP contribution in [0.4, 0.5) is 5.69 Å². The number of nitro benzene ring substituents is 1. The molecule has 0 spiro atoms. The number of nitrogens with zero attached hydrogens (tertiary/aromatic N) is 2. The molecule has 0 atom stereocenters. The minimum absolute atomic E-state index is 0.0255. The maximum absolute atomic E-state index is 11.9. The fourth-order valence-electron chi connectivity index (χ4n) is 1.63. The smallest absolute Gasteiger partial charge is 0.267 e. The Kier molecular flexibility index (Phi) is 4.99. The zero-order valence-corrected chi connectivity index (χ0v) is 12.9. The predicted octanol–water partition coefficient (Wildman–Crippen LogP) is 2.96. The molecule has 0 fully saturated rings. The van der Waals surface area contributed by atoms with E-state index >= 15 is 0 Å². The molecule has 0 radical (unpaired) electrons. The standard InChI is InChI=1S/C14H10IN3O3/c15-12-7-3-1-5-10(12)9-16-17-14(19)11-6-2-4-8-13(11)18(20)21/h1-9H,(H,17,19)/b16-9+. The molecule has 0 saturated heterocycles. The quantitative estimate of drug-likeness (QED) is 0.374. The maximum Gasteiger partial charge on any atom is 0.282 e. The summed E-state index contributed by atoms with van der Waals surface area (Å²) >= 11 is 2.15. The van der Waals surface area contributed by atoms with E-state index in [-0.39, 0.29) is 11.3 Å². The van der Waals surface area contributed by atoms with Crippen molar-refractivity contribution in [2.45, 2.75) is 0 Å². The van der Waals surface area contributed by atoms with Crippen LogP contribution < -0.4 is 5.43 Å². The average molecular weight is 395 g/mol. The molecule has 0 unspecified atom stereocenters. The van der Waals surface area contributed by atoms with Gasteiger partial charge in [-0.05, 0) is 34.7 Å². The molecule has 106 valence electrons. The summed E-state index contributed by atoms with van der Waals surface area (Å²) in [7, 11) is 0. The molecular formula is C14H10IN3O3. The van der Waals surface area contributed by atoms with Crippen molar-refractivity contribution in [3.8, 4) is 0 Å². The van der Waals surface area contributed by atoms with Crippen molar-refractivity contribution in [3.63, 3.8) is 0 Å². The summed E-state index contributed by atoms with van der Waals surface area (Å²) in [5.41, 5.74) is 2.86. The van der Waals surface area contributed by atoms with Crippen molar-refractivity contribution in [1.82, 2.24) is 5.43 Å². The molecule has 1 N–H and O–H groups in total. The lowest BCUT2D eigenvalue weighted by molar-refractivity contribution is -0.385. The summed E-state index contributed by atoms with van der Waals surface area (Å²) in [5, 5.41) is 14.7. The number of hydrogen-bond donors (Lipinski definition) is 1. The summed E-state index contributed by atoms with van der Waals surface area (Å²) in [6, 6.07) is 13.2. The molecule has 7 heteroatoms. The third-order valence-electron chi connectivity index (χ3n) is 2.62. The fourth-order valence-corrected chi connectivity index (χ4v) is 2.15. The van der Waals surface area contributed by atoms with Crippen molar-refractivity contribution in [3.05, 3.63) is 73.3 Å². The molecule has 6 nitrogen and oxygen atoms in total. The zero-order valence-electron chi connectivity index (χ0n) is 10.7. The van der Waals surface area contributed by atoms with E-state index in [1.807, 2.05) is 24.3 Å². The van der Waals surface area contributed by atoms with Crippen molar-refractivity contribution in [2.24, 2.45) is 5.10 Å². The van der Waals surface area contributed by atoms with E-state index < -0.39 is 10.8 Å². The summed E-state index contributed by atoms with van der Waals surface area (Å²) in [6.07, 6.45) is 1.49. The molecule has 0 bridgehead atoms. The predicted molar refractivity (Wildman–Crippen MR) is 87.3 cm³/mol. The molecule has 0 aliphatic heterocycles. The van der Waals surface area contributed by atoms with Crippen LogP contribution in [0.2, 0.25) is 0 Å². The van der Waals surface area contributed by atoms with E-state index in [1.54, 1.807) is 6.07 Å². The van der Waals surface area contributed by atoms with E-state index in [0.29, 0.717) is 0 Å². The highest BCUT2D eigenvalue weighted by Crippen LogP contribution is 2.17. The first-order chi connectivity index (χ1) is 10.1. The van der Waals surface area contributed by atoms with Gasteiger partial charge in [0, 0.05) is 15.2 Å². The molecule has 2 rings (SSSR count). The van der Waals surface area contributed by atoms with Gasteiger partial charge in [-0.25, -0.2) is 5.43 Å². The topological polar surface area (TPSA) is 84.6 Å². The lowest BCUT2D eigenvalue weighted by atomic mass is 10.2. The zero-order chi connectivity index (χ0) is 15.2. The van der Waals surface area contributed by atoms with Crippen molar-refractivity contribution in [1.29, 1.82) is 0 Å². The number of benzene rings is 2. The van der Waals surface area contributed by atoms with Crippen LogP contribution >= 0.6 is 22.6 Å². The second-order valence-corrected chi connectivity index (χ2v) is 5.16. The van der Waals surface area contributed by atoms with Gasteiger partial charge in [0.25, 0.3) is 11.6 Å². The molecule has 0 aliphatic carbocycles. The van der Waals surface area contributed by atoms with Gasteiger partial charge in [0.2, 0.25) is 0 Å². The molecule has 0 aliphatic rings. The molecule has 2 aromatic carbocycles. The van der Waals surface area contributed by atoms with Crippen molar-refractivity contribution >= 4 is 40.4 Å². The number of carbonyl (C=O) groups excluding carboxylic acids is 1. The van der Waals surface area contributed by atoms with Gasteiger partial charge < -0.3 is 0 Å². The number of rotatable bonds is 4. The van der Waals surface area contributed by atoms with Crippen LogP contribution in [-0.4, -0.2) is 17.0 Å². The monoisotopic (exact) mass is 395 g/mol. The van der Waals surface area contributed by atoms with Gasteiger partial charge in [-0.2, -0.15) is 5.10 Å². The number of para-hydroxylation sites is 1. The van der Waals surface area contributed by atoms with Crippen LogP contribution in [0.3, 0.4) is 0 Å². The Balaban J connectivity index is 2.13. The third-order valence-corrected chi connectivity index (χ3v) is 3.60. The molecular weight excluding hydrogens is 385 g/mol. The molecule has 0 heterocycles. The minimum atomic E-state index is -0.621. The van der Waals surface area contributed by atoms with Gasteiger partial charge in [0.1, 0.15) is 5.56 Å². The molecule has 2 aromatic rings. The van der Waals surface area contributed by atoms with Gasteiger partial charge in [-0.15, -0.1) is 0 Å². The van der Waals surface area contributed by atoms with Crippen LogP contribution in [0, 0.1) is 13.7 Å². The van der Waals surface area contributed by atoms with E-state index in [0.717, 1.165) is 9.13 Å². The molecule has 0 aromatic heterocycles. The molecule has 21 heavy (non-hydrogen) atoms. The number of hydrazone groups is 1. The number of nitrogens with one attached hydrogen (secondary N) is 1. The van der Waals surface area contributed by atoms with Crippen molar-refractivity contribution in [2.75, 3.05) is 0 Å². The number of nitro groups is 1. The van der Waals surface area contributed by atoms with Crippen LogP contribution in [0.5, 0.6) is 0 Å². The second-order valence-electron chi connectivity index (χ2n) is 3.99. The number of amides is 1. The van der Waals surface area contributed by atoms with E-state index in [2.05, 4.69) is 33.1 Å². The Bertz CT molecular complexity index is 716. The molecule has 0 saturated carbocycles. The Hall–Kier alpha value is -2.29. The van der Waals surface area contributed by atoms with Gasteiger partial charge in [-0.3, -0.25) is 14.9 Å². The number of carbonyl (C=O) groups is 1. The first-order valence-corrected chi connectivity index (χ1v) is 6.99. The summed E-state index contributed by atoms with van der Waals surface area (Å²) in [5.74, 6) is -0.621.